The third-order valence-electron chi connectivity index (χ3n) is 3.13. The summed E-state index contributed by atoms with van der Waals surface area (Å²) < 4.78 is 15.5. The fourth-order valence-electron chi connectivity index (χ4n) is 2.02. The number of halogens is 2. The van der Waals surface area contributed by atoms with Crippen molar-refractivity contribution in [3.63, 3.8) is 0 Å². The van der Waals surface area contributed by atoms with Gasteiger partial charge in [-0.15, -0.1) is 0 Å². The average molecular weight is 283 g/mol. The molecule has 1 unspecified atom stereocenters. The Morgan fingerprint density at radius 1 is 1.47 bits per heavy atom. The quantitative estimate of drug-likeness (QED) is 0.936. The summed E-state index contributed by atoms with van der Waals surface area (Å²) in [7, 11) is 1.82. The number of benzene rings is 1. The first-order valence-electron chi connectivity index (χ1n) is 6.16. The van der Waals surface area contributed by atoms with E-state index in [9.17, 15) is 9.50 Å². The largest absolute Gasteiger partial charge is 0.388 e. The van der Waals surface area contributed by atoms with Crippen molar-refractivity contribution in [3.8, 4) is 0 Å². The van der Waals surface area contributed by atoms with E-state index in [-0.39, 0.29) is 10.6 Å². The van der Waals surface area contributed by atoms with Gasteiger partial charge in [-0.1, -0.05) is 30.7 Å². The number of rotatable bonds is 4. The molecule has 1 N–H and O–H groups in total. The lowest BCUT2D eigenvalue weighted by molar-refractivity contribution is 0.171. The fourth-order valence-corrected chi connectivity index (χ4v) is 2.20. The number of hydrogen-bond acceptors (Lipinski definition) is 2. The summed E-state index contributed by atoms with van der Waals surface area (Å²) in [4.78, 5) is 0. The van der Waals surface area contributed by atoms with Gasteiger partial charge in [0, 0.05) is 24.7 Å². The van der Waals surface area contributed by atoms with Crippen molar-refractivity contribution in [3.05, 3.63) is 52.1 Å². The molecule has 0 amide bonds. The van der Waals surface area contributed by atoms with Gasteiger partial charge < -0.3 is 5.11 Å². The molecule has 1 heterocycles. The van der Waals surface area contributed by atoms with E-state index < -0.39 is 11.9 Å². The molecular formula is C14H16ClFN2O. The van der Waals surface area contributed by atoms with Gasteiger partial charge in [-0.3, -0.25) is 4.68 Å². The Kier molecular flexibility index (Phi) is 4.22. The summed E-state index contributed by atoms with van der Waals surface area (Å²) >= 11 is 5.72. The normalized spacial score (nSPS) is 12.7. The third-order valence-corrected chi connectivity index (χ3v) is 3.42. The van der Waals surface area contributed by atoms with E-state index in [4.69, 9.17) is 11.6 Å². The van der Waals surface area contributed by atoms with E-state index in [2.05, 4.69) is 5.10 Å². The first kappa shape index (κ1) is 14.0. The summed E-state index contributed by atoms with van der Waals surface area (Å²) in [6, 6.07) is 6.56. The number of aryl methyl sites for hydroxylation is 2. The molecule has 0 aliphatic heterocycles. The highest BCUT2D eigenvalue weighted by Crippen LogP contribution is 2.25. The highest BCUT2D eigenvalue weighted by atomic mass is 35.5. The molecule has 0 radical (unpaired) electrons. The van der Waals surface area contributed by atoms with Crippen molar-refractivity contribution in [2.75, 3.05) is 0 Å². The van der Waals surface area contributed by atoms with Crippen LogP contribution in [0.15, 0.2) is 24.3 Å². The standard InChI is InChI=1S/C14H16ClFN2O/c1-3-9-7-10(18(2)17-9)8-13(19)11-5-4-6-12(15)14(11)16/h4-7,13,19H,3,8H2,1-2H3. The third kappa shape index (κ3) is 2.96. The van der Waals surface area contributed by atoms with Crippen molar-refractivity contribution < 1.29 is 9.50 Å². The van der Waals surface area contributed by atoms with E-state index in [0.29, 0.717) is 6.42 Å². The number of nitrogens with zero attached hydrogens (tertiary/aromatic N) is 2. The second-order valence-electron chi connectivity index (χ2n) is 4.47. The van der Waals surface area contributed by atoms with Crippen LogP contribution in [0.5, 0.6) is 0 Å². The highest BCUT2D eigenvalue weighted by molar-refractivity contribution is 6.30. The van der Waals surface area contributed by atoms with Crippen LogP contribution in [0.2, 0.25) is 5.02 Å². The smallest absolute Gasteiger partial charge is 0.147 e. The summed E-state index contributed by atoms with van der Waals surface area (Å²) in [5, 5.41) is 14.5. The van der Waals surface area contributed by atoms with Crippen LogP contribution in [0.1, 0.15) is 30.0 Å². The van der Waals surface area contributed by atoms with Crippen LogP contribution in [-0.2, 0) is 19.9 Å². The predicted octanol–water partition coefficient (Wildman–Crippen LogP) is 3.05. The van der Waals surface area contributed by atoms with Crippen LogP contribution in [-0.4, -0.2) is 14.9 Å². The zero-order chi connectivity index (χ0) is 14.0. The zero-order valence-corrected chi connectivity index (χ0v) is 11.7. The zero-order valence-electron chi connectivity index (χ0n) is 10.9. The van der Waals surface area contributed by atoms with Crippen molar-refractivity contribution in [1.82, 2.24) is 9.78 Å². The van der Waals surface area contributed by atoms with Gasteiger partial charge >= 0.3 is 0 Å². The van der Waals surface area contributed by atoms with E-state index >= 15 is 0 Å². The van der Waals surface area contributed by atoms with E-state index in [1.807, 2.05) is 20.0 Å². The molecule has 1 aromatic carbocycles. The Labute approximate surface area is 116 Å². The molecule has 0 bridgehead atoms. The fraction of sp³-hybridized carbons (Fsp3) is 0.357. The lowest BCUT2D eigenvalue weighted by Crippen LogP contribution is -2.08. The molecule has 5 heteroatoms. The lowest BCUT2D eigenvalue weighted by atomic mass is 10.0. The molecule has 102 valence electrons. The minimum absolute atomic E-state index is 0.0239. The molecule has 0 fully saturated rings. The van der Waals surface area contributed by atoms with Crippen molar-refractivity contribution in [2.24, 2.45) is 7.05 Å². The molecule has 0 aliphatic carbocycles. The summed E-state index contributed by atoms with van der Waals surface area (Å²) in [6.45, 7) is 2.01. The summed E-state index contributed by atoms with van der Waals surface area (Å²) in [5.74, 6) is -0.561. The lowest BCUT2D eigenvalue weighted by Gasteiger charge is -2.12. The Hall–Kier alpha value is -1.39. The molecule has 19 heavy (non-hydrogen) atoms. The first-order valence-corrected chi connectivity index (χ1v) is 6.54. The molecular weight excluding hydrogens is 267 g/mol. The van der Waals surface area contributed by atoms with Gasteiger partial charge in [0.2, 0.25) is 0 Å². The monoisotopic (exact) mass is 282 g/mol. The van der Waals surface area contributed by atoms with Gasteiger partial charge in [0.25, 0.3) is 0 Å². The maximum atomic E-state index is 13.8. The molecule has 0 spiro atoms. The second-order valence-corrected chi connectivity index (χ2v) is 4.87. The molecule has 0 saturated heterocycles. The SMILES string of the molecule is CCc1cc(CC(O)c2cccc(Cl)c2F)n(C)n1. The predicted molar refractivity (Wildman–Crippen MR) is 72.7 cm³/mol. The molecule has 2 aromatic rings. The van der Waals surface area contributed by atoms with E-state index in [1.165, 1.54) is 6.07 Å². The van der Waals surface area contributed by atoms with Gasteiger partial charge in [0.05, 0.1) is 16.8 Å². The van der Waals surface area contributed by atoms with Gasteiger partial charge in [-0.25, -0.2) is 4.39 Å². The topological polar surface area (TPSA) is 38.0 Å². The Balaban J connectivity index is 2.22. The molecule has 1 atom stereocenters. The molecule has 0 aliphatic rings. The second kappa shape index (κ2) is 5.72. The van der Waals surface area contributed by atoms with Crippen LogP contribution in [0.3, 0.4) is 0 Å². The first-order chi connectivity index (χ1) is 9.02. The van der Waals surface area contributed by atoms with Crippen LogP contribution in [0.4, 0.5) is 4.39 Å². The summed E-state index contributed by atoms with van der Waals surface area (Å²) in [6.07, 6.45) is 0.203. The maximum Gasteiger partial charge on any atom is 0.147 e. The van der Waals surface area contributed by atoms with E-state index in [0.717, 1.165) is 17.8 Å². The highest BCUT2D eigenvalue weighted by Gasteiger charge is 2.17. The molecule has 3 nitrogen and oxygen atoms in total. The Morgan fingerprint density at radius 3 is 2.84 bits per heavy atom. The maximum absolute atomic E-state index is 13.8. The van der Waals surface area contributed by atoms with Gasteiger partial charge in [0.1, 0.15) is 5.82 Å². The van der Waals surface area contributed by atoms with Crippen LogP contribution in [0.25, 0.3) is 0 Å². The number of hydrogen-bond donors (Lipinski definition) is 1. The molecule has 2 rings (SSSR count). The van der Waals surface area contributed by atoms with Gasteiger partial charge in [0.15, 0.2) is 0 Å². The Morgan fingerprint density at radius 2 is 2.21 bits per heavy atom. The average Bonchev–Trinajstić information content (AvgIpc) is 2.73. The Bertz CT molecular complexity index is 583. The molecule has 0 saturated carbocycles. The van der Waals surface area contributed by atoms with Crippen LogP contribution >= 0.6 is 11.6 Å². The van der Waals surface area contributed by atoms with Crippen LogP contribution in [0, 0.1) is 5.82 Å². The minimum atomic E-state index is -0.932. The van der Waals surface area contributed by atoms with Crippen molar-refractivity contribution in [2.45, 2.75) is 25.9 Å². The number of aromatic nitrogens is 2. The van der Waals surface area contributed by atoms with Gasteiger partial charge in [-0.2, -0.15) is 5.10 Å². The number of aliphatic hydroxyl groups excluding tert-OH is 1. The van der Waals surface area contributed by atoms with Crippen molar-refractivity contribution >= 4 is 11.6 Å². The molecule has 1 aromatic heterocycles. The summed E-state index contributed by atoms with van der Waals surface area (Å²) in [5.41, 5.74) is 2.03. The van der Waals surface area contributed by atoms with E-state index in [1.54, 1.807) is 16.8 Å². The van der Waals surface area contributed by atoms with Crippen LogP contribution < -0.4 is 0 Å². The minimum Gasteiger partial charge on any atom is -0.388 e. The van der Waals surface area contributed by atoms with Gasteiger partial charge in [-0.05, 0) is 18.6 Å². The van der Waals surface area contributed by atoms with Crippen molar-refractivity contribution in [1.29, 1.82) is 0 Å². The number of aliphatic hydroxyl groups is 1.